The van der Waals surface area contributed by atoms with Crippen molar-refractivity contribution in [2.75, 3.05) is 26.2 Å². The minimum atomic E-state index is 0.694. The summed E-state index contributed by atoms with van der Waals surface area (Å²) in [7, 11) is 0. The maximum atomic E-state index is 6.01. The van der Waals surface area contributed by atoms with Gasteiger partial charge in [0.2, 0.25) is 0 Å². The number of unbranched alkanes of at least 4 members (excludes halogenated alkanes) is 1. The van der Waals surface area contributed by atoms with Crippen molar-refractivity contribution in [2.45, 2.75) is 38.7 Å². The van der Waals surface area contributed by atoms with Crippen LogP contribution in [0.1, 0.15) is 37.7 Å². The summed E-state index contributed by atoms with van der Waals surface area (Å²) in [6, 6.07) is 10.3. The first-order chi connectivity index (χ1) is 10.4. The van der Waals surface area contributed by atoms with Crippen molar-refractivity contribution in [2.24, 2.45) is 10.7 Å². The summed E-state index contributed by atoms with van der Waals surface area (Å²) in [6.07, 6.45) is 5.86. The number of aliphatic imine (C=N–C) groups is 1. The van der Waals surface area contributed by atoms with Gasteiger partial charge in [0.25, 0.3) is 0 Å². The first kappa shape index (κ1) is 15.8. The minimum absolute atomic E-state index is 0.694. The normalized spacial score (nSPS) is 16.2. The van der Waals surface area contributed by atoms with Crippen molar-refractivity contribution in [1.82, 2.24) is 4.90 Å². The number of ether oxygens (including phenoxy) is 1. The van der Waals surface area contributed by atoms with Gasteiger partial charge in [0.15, 0.2) is 5.96 Å². The van der Waals surface area contributed by atoms with Crippen LogP contribution in [0.3, 0.4) is 0 Å². The van der Waals surface area contributed by atoms with E-state index in [0.717, 1.165) is 45.0 Å². The lowest BCUT2D eigenvalue weighted by atomic mass is 10.1. The summed E-state index contributed by atoms with van der Waals surface area (Å²) >= 11 is 0. The topological polar surface area (TPSA) is 50.9 Å². The number of hydrogen-bond donors (Lipinski definition) is 1. The summed E-state index contributed by atoms with van der Waals surface area (Å²) in [4.78, 5) is 6.67. The number of nitrogens with two attached hydrogens (primary N) is 1. The van der Waals surface area contributed by atoms with Gasteiger partial charge in [0, 0.05) is 26.2 Å². The fraction of sp³-hybridized carbons (Fsp3) is 0.588. The molecule has 1 aliphatic heterocycles. The second-order valence-electron chi connectivity index (χ2n) is 5.53. The van der Waals surface area contributed by atoms with E-state index in [1.807, 2.05) is 18.2 Å². The summed E-state index contributed by atoms with van der Waals surface area (Å²) in [5.74, 6) is 0.722. The van der Waals surface area contributed by atoms with Crippen LogP contribution in [0.4, 0.5) is 0 Å². The minimum Gasteiger partial charge on any atom is -0.377 e. The molecule has 2 rings (SSSR count). The van der Waals surface area contributed by atoms with Crippen molar-refractivity contribution in [3.63, 3.8) is 0 Å². The molecule has 116 valence electrons. The van der Waals surface area contributed by atoms with Crippen LogP contribution >= 0.6 is 0 Å². The van der Waals surface area contributed by atoms with Crippen LogP contribution in [-0.4, -0.2) is 37.1 Å². The van der Waals surface area contributed by atoms with Crippen LogP contribution < -0.4 is 5.73 Å². The van der Waals surface area contributed by atoms with E-state index in [1.165, 1.54) is 24.8 Å². The molecular formula is C17H27N3O. The van der Waals surface area contributed by atoms with E-state index in [2.05, 4.69) is 22.0 Å². The quantitative estimate of drug-likeness (QED) is 0.477. The highest BCUT2D eigenvalue weighted by Gasteiger charge is 2.11. The lowest BCUT2D eigenvalue weighted by molar-refractivity contribution is 0.117. The molecule has 2 N–H and O–H groups in total. The third-order valence-electron chi connectivity index (χ3n) is 3.76. The number of rotatable bonds is 7. The highest BCUT2D eigenvalue weighted by Crippen LogP contribution is 2.08. The smallest absolute Gasteiger partial charge is 0.191 e. The Hall–Kier alpha value is -1.55. The number of hydrogen-bond acceptors (Lipinski definition) is 2. The van der Waals surface area contributed by atoms with Crippen LogP contribution in [0, 0.1) is 0 Å². The Morgan fingerprint density at radius 1 is 1.10 bits per heavy atom. The fourth-order valence-corrected chi connectivity index (χ4v) is 2.50. The SMILES string of the molecule is NC(=NCCCCOCc1ccccc1)N1CCCCC1. The molecule has 0 aliphatic carbocycles. The fourth-order valence-electron chi connectivity index (χ4n) is 2.50. The predicted molar refractivity (Wildman–Crippen MR) is 87.2 cm³/mol. The van der Waals surface area contributed by atoms with Gasteiger partial charge in [0.1, 0.15) is 0 Å². The Balaban J connectivity index is 1.51. The van der Waals surface area contributed by atoms with E-state index < -0.39 is 0 Å². The molecule has 0 bridgehead atoms. The van der Waals surface area contributed by atoms with Crippen molar-refractivity contribution in [1.29, 1.82) is 0 Å². The average Bonchev–Trinajstić information content (AvgIpc) is 2.55. The number of benzene rings is 1. The van der Waals surface area contributed by atoms with Gasteiger partial charge in [0.05, 0.1) is 6.61 Å². The Morgan fingerprint density at radius 2 is 1.86 bits per heavy atom. The Morgan fingerprint density at radius 3 is 2.62 bits per heavy atom. The standard InChI is InChI=1S/C17H27N3O/c18-17(20-12-6-2-7-13-20)19-11-5-8-14-21-15-16-9-3-1-4-10-16/h1,3-4,9-10H,2,5-8,11-15H2,(H2,18,19). The monoisotopic (exact) mass is 289 g/mol. The molecule has 1 fully saturated rings. The molecule has 0 aromatic heterocycles. The molecule has 4 heteroatoms. The number of likely N-dealkylation sites (tertiary alicyclic amines) is 1. The zero-order valence-corrected chi connectivity index (χ0v) is 12.8. The van der Waals surface area contributed by atoms with Crippen LogP contribution in [0.15, 0.2) is 35.3 Å². The van der Waals surface area contributed by atoms with E-state index >= 15 is 0 Å². The van der Waals surface area contributed by atoms with E-state index in [-0.39, 0.29) is 0 Å². The van der Waals surface area contributed by atoms with E-state index in [1.54, 1.807) is 0 Å². The van der Waals surface area contributed by atoms with Crippen molar-refractivity contribution in [3.05, 3.63) is 35.9 Å². The van der Waals surface area contributed by atoms with Gasteiger partial charge in [-0.15, -0.1) is 0 Å². The molecule has 1 saturated heterocycles. The number of guanidine groups is 1. The second kappa shape index (κ2) is 9.40. The summed E-state index contributed by atoms with van der Waals surface area (Å²) in [6.45, 7) is 4.41. The summed E-state index contributed by atoms with van der Waals surface area (Å²) in [5.41, 5.74) is 7.24. The third kappa shape index (κ3) is 6.17. The predicted octanol–water partition coefficient (Wildman–Crippen LogP) is 2.78. The average molecular weight is 289 g/mol. The maximum Gasteiger partial charge on any atom is 0.191 e. The van der Waals surface area contributed by atoms with Gasteiger partial charge in [-0.05, 0) is 37.7 Å². The molecule has 1 aromatic rings. The third-order valence-corrected chi connectivity index (χ3v) is 3.76. The van der Waals surface area contributed by atoms with Crippen LogP contribution in [0.2, 0.25) is 0 Å². The highest BCUT2D eigenvalue weighted by molar-refractivity contribution is 5.78. The maximum absolute atomic E-state index is 6.01. The molecule has 0 radical (unpaired) electrons. The molecule has 0 atom stereocenters. The molecule has 1 aliphatic rings. The number of nitrogens with zero attached hydrogens (tertiary/aromatic N) is 2. The lowest BCUT2D eigenvalue weighted by Gasteiger charge is -2.27. The molecule has 4 nitrogen and oxygen atoms in total. The van der Waals surface area contributed by atoms with Gasteiger partial charge in [-0.2, -0.15) is 0 Å². The molecule has 21 heavy (non-hydrogen) atoms. The largest absolute Gasteiger partial charge is 0.377 e. The van der Waals surface area contributed by atoms with E-state index in [9.17, 15) is 0 Å². The van der Waals surface area contributed by atoms with Gasteiger partial charge in [-0.1, -0.05) is 30.3 Å². The zero-order chi connectivity index (χ0) is 14.8. The van der Waals surface area contributed by atoms with Crippen LogP contribution in [0.25, 0.3) is 0 Å². The van der Waals surface area contributed by atoms with E-state index in [4.69, 9.17) is 10.5 Å². The highest BCUT2D eigenvalue weighted by atomic mass is 16.5. The molecule has 1 heterocycles. The molecule has 1 aromatic carbocycles. The van der Waals surface area contributed by atoms with Crippen molar-refractivity contribution < 1.29 is 4.74 Å². The lowest BCUT2D eigenvalue weighted by Crippen LogP contribution is -2.40. The van der Waals surface area contributed by atoms with Crippen LogP contribution in [-0.2, 0) is 11.3 Å². The van der Waals surface area contributed by atoms with Gasteiger partial charge < -0.3 is 15.4 Å². The molecule has 0 unspecified atom stereocenters. The molecule has 0 spiro atoms. The summed E-state index contributed by atoms with van der Waals surface area (Å²) in [5, 5.41) is 0. The molecule has 0 saturated carbocycles. The Kier molecular flexibility index (Phi) is 7.08. The van der Waals surface area contributed by atoms with Gasteiger partial charge >= 0.3 is 0 Å². The summed E-state index contributed by atoms with van der Waals surface area (Å²) < 4.78 is 5.65. The first-order valence-electron chi connectivity index (χ1n) is 8.03. The van der Waals surface area contributed by atoms with Gasteiger partial charge in [-0.3, -0.25) is 4.99 Å². The van der Waals surface area contributed by atoms with Crippen molar-refractivity contribution in [3.8, 4) is 0 Å². The van der Waals surface area contributed by atoms with E-state index in [0.29, 0.717) is 6.61 Å². The molecule has 0 amide bonds. The molecular weight excluding hydrogens is 262 g/mol. The first-order valence-corrected chi connectivity index (χ1v) is 8.03. The second-order valence-corrected chi connectivity index (χ2v) is 5.53. The number of piperidine rings is 1. The van der Waals surface area contributed by atoms with Crippen molar-refractivity contribution >= 4 is 5.96 Å². The Bertz CT molecular complexity index is 413. The zero-order valence-electron chi connectivity index (χ0n) is 12.8. The van der Waals surface area contributed by atoms with Crippen LogP contribution in [0.5, 0.6) is 0 Å². The van der Waals surface area contributed by atoms with Gasteiger partial charge in [-0.25, -0.2) is 0 Å². The Labute approximate surface area is 128 Å².